The van der Waals surface area contributed by atoms with Gasteiger partial charge >= 0.3 is 0 Å². The van der Waals surface area contributed by atoms with Crippen molar-refractivity contribution < 1.29 is 8.83 Å². The zero-order valence-corrected chi connectivity index (χ0v) is 36.2. The van der Waals surface area contributed by atoms with Crippen molar-refractivity contribution in [3.63, 3.8) is 0 Å². The van der Waals surface area contributed by atoms with Gasteiger partial charge in [0, 0.05) is 44.4 Å². The molecule has 2 aliphatic rings. The lowest BCUT2D eigenvalue weighted by Gasteiger charge is -2.31. The average molecular weight is 825 g/mol. The van der Waals surface area contributed by atoms with E-state index < -0.39 is 0 Å². The molecule has 0 N–H and O–H groups in total. The molecule has 2 aliphatic carbocycles. The Bertz CT molecular complexity index is 3470. The molecule has 0 unspecified atom stereocenters. The summed E-state index contributed by atoms with van der Waals surface area (Å²) in [5.74, 6) is 0. The monoisotopic (exact) mass is 824 g/mol. The molecule has 13 rings (SSSR count). The summed E-state index contributed by atoms with van der Waals surface area (Å²) in [4.78, 5) is 4.85. The van der Waals surface area contributed by atoms with Crippen molar-refractivity contribution in [2.45, 2.75) is 38.5 Å². The molecule has 0 aliphatic heterocycles. The quantitative estimate of drug-likeness (QED) is 0.167. The Balaban J connectivity index is 1.07. The molecular weight excluding hydrogens is 781 g/mol. The molecule has 0 bridgehead atoms. The van der Waals surface area contributed by atoms with E-state index in [1.54, 1.807) is 0 Å². The molecule has 9 aromatic carbocycles. The second kappa shape index (κ2) is 13.3. The van der Waals surface area contributed by atoms with Crippen molar-refractivity contribution in [2.24, 2.45) is 0 Å². The van der Waals surface area contributed by atoms with Crippen LogP contribution >= 0.6 is 0 Å². The van der Waals surface area contributed by atoms with E-state index in [1.165, 1.54) is 44.5 Å². The molecule has 2 aromatic heterocycles. The van der Waals surface area contributed by atoms with Crippen molar-refractivity contribution >= 4 is 78.0 Å². The molecule has 0 saturated carbocycles. The maximum atomic E-state index is 6.54. The molecule has 0 amide bonds. The van der Waals surface area contributed by atoms with E-state index in [4.69, 9.17) is 8.83 Å². The van der Waals surface area contributed by atoms with Crippen LogP contribution in [-0.4, -0.2) is 0 Å². The Morgan fingerprint density at radius 3 is 1.17 bits per heavy atom. The largest absolute Gasteiger partial charge is 0.456 e. The Morgan fingerprint density at radius 1 is 0.312 bits per heavy atom. The Hall–Kier alpha value is -7.82. The highest BCUT2D eigenvalue weighted by molar-refractivity contribution is 6.15. The minimum Gasteiger partial charge on any atom is -0.456 e. The number of nitrogens with zero attached hydrogens (tertiary/aromatic N) is 2. The molecule has 306 valence electrons. The number of rotatable bonds is 6. The third-order valence-corrected chi connectivity index (χ3v) is 14.2. The Kier molecular flexibility index (Phi) is 7.67. The van der Waals surface area contributed by atoms with Crippen LogP contribution in [0.4, 0.5) is 34.1 Å². The highest BCUT2D eigenvalue weighted by Gasteiger charge is 2.37. The first kappa shape index (κ1) is 36.8. The van der Waals surface area contributed by atoms with Crippen LogP contribution in [0, 0.1) is 0 Å². The summed E-state index contributed by atoms with van der Waals surface area (Å²) in [6.45, 7) is 9.36. The predicted octanol–water partition coefficient (Wildman–Crippen LogP) is 17.0. The van der Waals surface area contributed by atoms with Crippen LogP contribution in [0.25, 0.3) is 66.1 Å². The van der Waals surface area contributed by atoms with Gasteiger partial charge in [-0.1, -0.05) is 143 Å². The van der Waals surface area contributed by atoms with Gasteiger partial charge in [-0.2, -0.15) is 0 Å². The van der Waals surface area contributed by atoms with Gasteiger partial charge in [-0.25, -0.2) is 0 Å². The van der Waals surface area contributed by atoms with Crippen molar-refractivity contribution in [3.8, 4) is 22.3 Å². The summed E-state index contributed by atoms with van der Waals surface area (Å²) in [6, 6.07) is 70.5. The van der Waals surface area contributed by atoms with Gasteiger partial charge in [-0.3, -0.25) is 0 Å². The van der Waals surface area contributed by atoms with E-state index in [2.05, 4.69) is 219 Å². The predicted molar refractivity (Wildman–Crippen MR) is 265 cm³/mol. The number of hydrogen-bond acceptors (Lipinski definition) is 4. The highest BCUT2D eigenvalue weighted by atomic mass is 16.3. The maximum absolute atomic E-state index is 6.54. The van der Waals surface area contributed by atoms with Crippen molar-refractivity contribution in [1.29, 1.82) is 0 Å². The standard InChI is InChI=1S/C60H44N2O2/c1-59(2)47-22-9-5-18-41(47)45-35-39(30-32-49(45)59)61(51-24-14-28-55-57(51)43-20-7-11-26-53(43)63-55)37-16-13-17-38(34-37)62(52-25-15-29-56-58(52)44-21-8-12-27-54(44)64-56)40-31-33-50-46(36-40)42-19-6-10-23-48(42)60(50,3)4/h5-36H,1-4H3. The van der Waals surface area contributed by atoms with Crippen molar-refractivity contribution in [1.82, 2.24) is 0 Å². The molecular formula is C60H44N2O2. The van der Waals surface area contributed by atoms with E-state index >= 15 is 0 Å². The summed E-state index contributed by atoms with van der Waals surface area (Å²) >= 11 is 0. The fourth-order valence-corrected chi connectivity index (χ4v) is 11.2. The van der Waals surface area contributed by atoms with Crippen LogP contribution < -0.4 is 9.80 Å². The van der Waals surface area contributed by atoms with E-state index in [1.807, 2.05) is 12.1 Å². The molecule has 2 heterocycles. The minimum atomic E-state index is -0.111. The first-order chi connectivity index (χ1) is 31.3. The third-order valence-electron chi connectivity index (χ3n) is 14.2. The fourth-order valence-electron chi connectivity index (χ4n) is 11.2. The van der Waals surface area contributed by atoms with Gasteiger partial charge in [0.25, 0.3) is 0 Å². The van der Waals surface area contributed by atoms with Crippen LogP contribution in [-0.2, 0) is 10.8 Å². The first-order valence-corrected chi connectivity index (χ1v) is 22.3. The van der Waals surface area contributed by atoms with Crippen LogP contribution in [0.2, 0.25) is 0 Å². The molecule has 11 aromatic rings. The van der Waals surface area contributed by atoms with E-state index in [0.29, 0.717) is 0 Å². The van der Waals surface area contributed by atoms with Crippen LogP contribution in [0.5, 0.6) is 0 Å². The van der Waals surface area contributed by atoms with Gasteiger partial charge in [0.1, 0.15) is 22.3 Å². The van der Waals surface area contributed by atoms with Gasteiger partial charge in [-0.05, 0) is 123 Å². The van der Waals surface area contributed by atoms with Crippen molar-refractivity contribution in [3.05, 3.63) is 216 Å². The van der Waals surface area contributed by atoms with Gasteiger partial charge in [0.05, 0.1) is 22.1 Å². The minimum absolute atomic E-state index is 0.111. The average Bonchev–Trinajstić information content (AvgIpc) is 4.03. The number of anilines is 6. The molecule has 0 atom stereocenters. The lowest BCUT2D eigenvalue weighted by molar-refractivity contribution is 0.660. The molecule has 4 nitrogen and oxygen atoms in total. The number of para-hydroxylation sites is 2. The normalized spacial score (nSPS) is 14.2. The molecule has 0 radical (unpaired) electrons. The number of furan rings is 2. The summed E-state index contributed by atoms with van der Waals surface area (Å²) < 4.78 is 13.1. The van der Waals surface area contributed by atoms with Gasteiger partial charge in [0.15, 0.2) is 0 Å². The SMILES string of the molecule is CC1(C)c2ccccc2-c2cc(N(c3cccc(N(c4ccc5c(c4)-c4ccccc4C5(C)C)c4cccc5oc6ccccc6c45)c3)c3cccc4oc5ccccc5c34)ccc21. The summed E-state index contributed by atoms with van der Waals surface area (Å²) in [5.41, 5.74) is 20.1. The Morgan fingerprint density at radius 2 is 0.688 bits per heavy atom. The lowest BCUT2D eigenvalue weighted by atomic mass is 9.82. The van der Waals surface area contributed by atoms with Crippen LogP contribution in [0.3, 0.4) is 0 Å². The maximum Gasteiger partial charge on any atom is 0.137 e. The van der Waals surface area contributed by atoms with Crippen LogP contribution in [0.15, 0.2) is 203 Å². The van der Waals surface area contributed by atoms with Crippen LogP contribution in [0.1, 0.15) is 49.9 Å². The zero-order valence-electron chi connectivity index (χ0n) is 36.2. The molecule has 0 saturated heterocycles. The second-order valence-electron chi connectivity index (χ2n) is 18.5. The Labute approximate surface area is 372 Å². The van der Waals surface area contributed by atoms with Gasteiger partial charge < -0.3 is 18.6 Å². The highest BCUT2D eigenvalue weighted by Crippen LogP contribution is 2.54. The molecule has 0 fully saturated rings. The number of fused-ring (bicyclic) bond motifs is 12. The smallest absolute Gasteiger partial charge is 0.137 e. The molecule has 0 spiro atoms. The van der Waals surface area contributed by atoms with E-state index in [-0.39, 0.29) is 10.8 Å². The number of hydrogen-bond donors (Lipinski definition) is 0. The first-order valence-electron chi connectivity index (χ1n) is 22.3. The van der Waals surface area contributed by atoms with E-state index in [9.17, 15) is 0 Å². The molecule has 4 heteroatoms. The van der Waals surface area contributed by atoms with Crippen molar-refractivity contribution in [2.75, 3.05) is 9.80 Å². The second-order valence-corrected chi connectivity index (χ2v) is 18.5. The lowest BCUT2D eigenvalue weighted by Crippen LogP contribution is -2.16. The van der Waals surface area contributed by atoms with Gasteiger partial charge in [0.2, 0.25) is 0 Å². The third kappa shape index (κ3) is 5.17. The zero-order chi connectivity index (χ0) is 42.9. The van der Waals surface area contributed by atoms with E-state index in [0.717, 1.165) is 78.0 Å². The number of benzene rings is 9. The summed E-state index contributed by atoms with van der Waals surface area (Å²) in [7, 11) is 0. The topological polar surface area (TPSA) is 32.8 Å². The van der Waals surface area contributed by atoms with Gasteiger partial charge in [-0.15, -0.1) is 0 Å². The fraction of sp³-hybridized carbons (Fsp3) is 0.100. The summed E-state index contributed by atoms with van der Waals surface area (Å²) in [5, 5.41) is 4.33. The summed E-state index contributed by atoms with van der Waals surface area (Å²) in [6.07, 6.45) is 0. The molecule has 64 heavy (non-hydrogen) atoms.